The molecule has 0 bridgehead atoms. The highest BCUT2D eigenvalue weighted by Gasteiger charge is 2.17. The smallest absolute Gasteiger partial charge is 0.265 e. The molecule has 21 heavy (non-hydrogen) atoms. The molecule has 3 rings (SSSR count). The van der Waals surface area contributed by atoms with Gasteiger partial charge in [-0.2, -0.15) is 0 Å². The van der Waals surface area contributed by atoms with Gasteiger partial charge in [-0.1, -0.05) is 6.07 Å². The number of carbonyl (C=O) groups is 1. The molecule has 1 N–H and O–H groups in total. The lowest BCUT2D eigenvalue weighted by molar-refractivity contribution is -0.122. The number of hydrogen-bond donors (Lipinski definition) is 1. The monoisotopic (exact) mass is 284 g/mol. The molecule has 0 spiro atoms. The van der Waals surface area contributed by atoms with E-state index in [1.807, 2.05) is 18.2 Å². The standard InChI is InChI=1S/C16H16N2O3/c1-11(21-15-3-2-6-17-8-15)16(19)18-14-5-4-12-9-20-10-13(12)7-14/h2-8,11H,9-10H2,1H3,(H,18,19)/t11-/m1/s1. The Morgan fingerprint density at radius 3 is 3.00 bits per heavy atom. The lowest BCUT2D eigenvalue weighted by atomic mass is 10.1. The van der Waals surface area contributed by atoms with Crippen LogP contribution in [-0.2, 0) is 22.7 Å². The summed E-state index contributed by atoms with van der Waals surface area (Å²) in [6.45, 7) is 2.95. The van der Waals surface area contributed by atoms with Crippen LogP contribution in [0.4, 0.5) is 5.69 Å². The molecule has 1 aromatic carbocycles. The Bertz CT molecular complexity index is 643. The third kappa shape index (κ3) is 3.20. The van der Waals surface area contributed by atoms with E-state index in [2.05, 4.69) is 10.3 Å². The SMILES string of the molecule is C[C@@H](Oc1cccnc1)C(=O)Nc1ccc2c(c1)COC2. The second kappa shape index (κ2) is 5.93. The van der Waals surface area contributed by atoms with Gasteiger partial charge in [0.05, 0.1) is 19.4 Å². The average Bonchev–Trinajstić information content (AvgIpc) is 2.95. The number of hydrogen-bond acceptors (Lipinski definition) is 4. The zero-order chi connectivity index (χ0) is 14.7. The van der Waals surface area contributed by atoms with E-state index in [0.717, 1.165) is 11.3 Å². The fourth-order valence-electron chi connectivity index (χ4n) is 2.17. The van der Waals surface area contributed by atoms with Crippen LogP contribution in [0.15, 0.2) is 42.7 Å². The maximum absolute atomic E-state index is 12.1. The summed E-state index contributed by atoms with van der Waals surface area (Å²) in [6, 6.07) is 9.33. The first-order valence-corrected chi connectivity index (χ1v) is 6.79. The van der Waals surface area contributed by atoms with Crippen molar-refractivity contribution in [1.29, 1.82) is 0 Å². The van der Waals surface area contributed by atoms with E-state index < -0.39 is 6.10 Å². The van der Waals surface area contributed by atoms with Crippen LogP contribution in [0.3, 0.4) is 0 Å². The molecule has 0 fully saturated rings. The molecule has 5 heteroatoms. The third-order valence-electron chi connectivity index (χ3n) is 3.31. The number of amides is 1. The van der Waals surface area contributed by atoms with Crippen molar-refractivity contribution in [3.63, 3.8) is 0 Å². The first kappa shape index (κ1) is 13.6. The first-order valence-electron chi connectivity index (χ1n) is 6.79. The highest BCUT2D eigenvalue weighted by molar-refractivity contribution is 5.94. The Morgan fingerprint density at radius 1 is 1.33 bits per heavy atom. The quantitative estimate of drug-likeness (QED) is 0.937. The minimum atomic E-state index is -0.598. The molecule has 0 unspecified atom stereocenters. The van der Waals surface area contributed by atoms with E-state index in [-0.39, 0.29) is 5.91 Å². The largest absolute Gasteiger partial charge is 0.479 e. The Kier molecular flexibility index (Phi) is 3.83. The van der Waals surface area contributed by atoms with Gasteiger partial charge in [-0.15, -0.1) is 0 Å². The second-order valence-electron chi connectivity index (χ2n) is 4.91. The topological polar surface area (TPSA) is 60.5 Å². The van der Waals surface area contributed by atoms with Crippen LogP contribution < -0.4 is 10.1 Å². The summed E-state index contributed by atoms with van der Waals surface area (Å²) in [7, 11) is 0. The molecule has 1 aliphatic heterocycles. The molecule has 108 valence electrons. The number of nitrogens with one attached hydrogen (secondary N) is 1. The number of rotatable bonds is 4. The Morgan fingerprint density at radius 2 is 2.19 bits per heavy atom. The van der Waals surface area contributed by atoms with Gasteiger partial charge in [0.15, 0.2) is 6.10 Å². The van der Waals surface area contributed by atoms with Crippen molar-refractivity contribution in [1.82, 2.24) is 4.98 Å². The molecular weight excluding hydrogens is 268 g/mol. The molecular formula is C16H16N2O3. The van der Waals surface area contributed by atoms with Crippen molar-refractivity contribution < 1.29 is 14.3 Å². The number of pyridine rings is 1. The number of nitrogens with zero attached hydrogens (tertiary/aromatic N) is 1. The number of ether oxygens (including phenoxy) is 2. The van der Waals surface area contributed by atoms with Crippen molar-refractivity contribution in [2.75, 3.05) is 5.32 Å². The molecule has 5 nitrogen and oxygen atoms in total. The van der Waals surface area contributed by atoms with Gasteiger partial charge in [0, 0.05) is 11.9 Å². The van der Waals surface area contributed by atoms with Gasteiger partial charge in [-0.3, -0.25) is 9.78 Å². The van der Waals surface area contributed by atoms with Crippen molar-refractivity contribution in [3.8, 4) is 5.75 Å². The number of anilines is 1. The zero-order valence-electron chi connectivity index (χ0n) is 11.7. The van der Waals surface area contributed by atoms with Crippen LogP contribution in [-0.4, -0.2) is 17.0 Å². The number of fused-ring (bicyclic) bond motifs is 1. The molecule has 2 heterocycles. The maximum atomic E-state index is 12.1. The molecule has 1 amide bonds. The van der Waals surface area contributed by atoms with Gasteiger partial charge >= 0.3 is 0 Å². The lowest BCUT2D eigenvalue weighted by Gasteiger charge is -2.14. The van der Waals surface area contributed by atoms with Crippen LogP contribution >= 0.6 is 0 Å². The van der Waals surface area contributed by atoms with Crippen LogP contribution in [0, 0.1) is 0 Å². The molecule has 1 aliphatic rings. The van der Waals surface area contributed by atoms with Gasteiger partial charge in [-0.25, -0.2) is 0 Å². The van der Waals surface area contributed by atoms with Gasteiger partial charge in [0.1, 0.15) is 5.75 Å². The molecule has 0 saturated carbocycles. The van der Waals surface area contributed by atoms with Gasteiger partial charge in [0.25, 0.3) is 5.91 Å². The normalized spacial score (nSPS) is 14.3. The maximum Gasteiger partial charge on any atom is 0.265 e. The minimum Gasteiger partial charge on any atom is -0.479 e. The fraction of sp³-hybridized carbons (Fsp3) is 0.250. The second-order valence-corrected chi connectivity index (χ2v) is 4.91. The lowest BCUT2D eigenvalue weighted by Crippen LogP contribution is -2.30. The summed E-state index contributed by atoms with van der Waals surface area (Å²) in [5.41, 5.74) is 3.05. The molecule has 0 aliphatic carbocycles. The van der Waals surface area contributed by atoms with Gasteiger partial charge in [-0.05, 0) is 42.3 Å². The summed E-state index contributed by atoms with van der Waals surface area (Å²) in [6.07, 6.45) is 2.64. The van der Waals surface area contributed by atoms with E-state index in [9.17, 15) is 4.79 Å². The van der Waals surface area contributed by atoms with Crippen LogP contribution in [0.2, 0.25) is 0 Å². The van der Waals surface area contributed by atoms with Gasteiger partial charge in [0.2, 0.25) is 0 Å². The Labute approximate surface area is 122 Å². The van der Waals surface area contributed by atoms with Crippen molar-refractivity contribution in [2.45, 2.75) is 26.2 Å². The fourth-order valence-corrected chi connectivity index (χ4v) is 2.17. The summed E-state index contributed by atoms with van der Waals surface area (Å²) >= 11 is 0. The van der Waals surface area contributed by atoms with E-state index in [1.54, 1.807) is 31.5 Å². The van der Waals surface area contributed by atoms with E-state index in [4.69, 9.17) is 9.47 Å². The van der Waals surface area contributed by atoms with Gasteiger partial charge < -0.3 is 14.8 Å². The number of carbonyl (C=O) groups excluding carboxylic acids is 1. The zero-order valence-corrected chi connectivity index (χ0v) is 11.7. The van der Waals surface area contributed by atoms with E-state index >= 15 is 0 Å². The Hall–Kier alpha value is -2.40. The van der Waals surface area contributed by atoms with Crippen molar-refractivity contribution >= 4 is 11.6 Å². The summed E-state index contributed by atoms with van der Waals surface area (Å²) in [5, 5.41) is 2.85. The van der Waals surface area contributed by atoms with Crippen molar-refractivity contribution in [3.05, 3.63) is 53.9 Å². The highest BCUT2D eigenvalue weighted by atomic mass is 16.5. The first-order chi connectivity index (χ1) is 10.2. The molecule has 0 saturated heterocycles. The Balaban J connectivity index is 1.63. The van der Waals surface area contributed by atoms with Crippen molar-refractivity contribution in [2.24, 2.45) is 0 Å². The average molecular weight is 284 g/mol. The van der Waals surface area contributed by atoms with Crippen LogP contribution in [0.5, 0.6) is 5.75 Å². The highest BCUT2D eigenvalue weighted by Crippen LogP contribution is 2.23. The summed E-state index contributed by atoms with van der Waals surface area (Å²) < 4.78 is 10.9. The molecule has 1 aromatic heterocycles. The van der Waals surface area contributed by atoms with E-state index in [0.29, 0.717) is 19.0 Å². The molecule has 2 aromatic rings. The van der Waals surface area contributed by atoms with Crippen LogP contribution in [0.1, 0.15) is 18.1 Å². The third-order valence-corrected chi connectivity index (χ3v) is 3.31. The molecule has 0 radical (unpaired) electrons. The van der Waals surface area contributed by atoms with Crippen LogP contribution in [0.25, 0.3) is 0 Å². The predicted molar refractivity (Wildman–Crippen MR) is 77.9 cm³/mol. The number of aromatic nitrogens is 1. The predicted octanol–water partition coefficient (Wildman–Crippen LogP) is 2.52. The summed E-state index contributed by atoms with van der Waals surface area (Å²) in [4.78, 5) is 16.1. The molecule has 1 atom stereocenters. The summed E-state index contributed by atoms with van der Waals surface area (Å²) in [5.74, 6) is 0.375. The van der Waals surface area contributed by atoms with E-state index in [1.165, 1.54) is 5.56 Å². The number of benzene rings is 1. The minimum absolute atomic E-state index is 0.197.